The smallest absolute Gasteiger partial charge is 0.156 e. The van der Waals surface area contributed by atoms with Crippen LogP contribution >= 0.6 is 0 Å². The highest BCUT2D eigenvalue weighted by Gasteiger charge is 2.05. The van der Waals surface area contributed by atoms with Crippen LogP contribution in [-0.4, -0.2) is 16.3 Å². The summed E-state index contributed by atoms with van der Waals surface area (Å²) < 4.78 is 1.88. The average molecular weight is 187 g/mol. The van der Waals surface area contributed by atoms with E-state index in [9.17, 15) is 0 Å². The van der Waals surface area contributed by atoms with E-state index in [1.54, 1.807) is 0 Å². The van der Waals surface area contributed by atoms with Crippen LogP contribution in [0.4, 0.5) is 5.82 Å². The van der Waals surface area contributed by atoms with Gasteiger partial charge in [0.25, 0.3) is 0 Å². The zero-order chi connectivity index (χ0) is 9.97. The Balaban J connectivity index is 2.49. The predicted molar refractivity (Wildman–Crippen MR) is 59.4 cm³/mol. The molecule has 3 heteroatoms. The molecule has 0 aliphatic carbocycles. The van der Waals surface area contributed by atoms with E-state index in [0.29, 0.717) is 0 Å². The van der Waals surface area contributed by atoms with Gasteiger partial charge in [-0.25, -0.2) is 0 Å². The SMILES string of the molecule is C=CCNc1nn(C)c2ccccc12. The molecule has 0 radical (unpaired) electrons. The van der Waals surface area contributed by atoms with Crippen molar-refractivity contribution in [2.45, 2.75) is 0 Å². The highest BCUT2D eigenvalue weighted by molar-refractivity contribution is 5.90. The van der Waals surface area contributed by atoms with Crippen LogP contribution < -0.4 is 5.32 Å². The maximum atomic E-state index is 4.39. The van der Waals surface area contributed by atoms with Gasteiger partial charge in [-0.1, -0.05) is 18.2 Å². The van der Waals surface area contributed by atoms with E-state index in [4.69, 9.17) is 0 Å². The van der Waals surface area contributed by atoms with Crippen LogP contribution in [0.25, 0.3) is 10.9 Å². The van der Waals surface area contributed by atoms with E-state index >= 15 is 0 Å². The van der Waals surface area contributed by atoms with E-state index in [1.165, 1.54) is 0 Å². The quantitative estimate of drug-likeness (QED) is 0.746. The van der Waals surface area contributed by atoms with Crippen molar-refractivity contribution in [1.82, 2.24) is 9.78 Å². The van der Waals surface area contributed by atoms with E-state index < -0.39 is 0 Å². The molecule has 72 valence electrons. The normalized spacial score (nSPS) is 10.4. The Labute approximate surface area is 83.0 Å². The van der Waals surface area contributed by atoms with E-state index in [0.717, 1.165) is 23.3 Å². The molecule has 1 N–H and O–H groups in total. The van der Waals surface area contributed by atoms with Crippen LogP contribution in [0.15, 0.2) is 36.9 Å². The summed E-state index contributed by atoms with van der Waals surface area (Å²) in [4.78, 5) is 0. The summed E-state index contributed by atoms with van der Waals surface area (Å²) in [6, 6.07) is 8.15. The second-order valence-corrected chi connectivity index (χ2v) is 3.16. The molecule has 1 aromatic heterocycles. The van der Waals surface area contributed by atoms with Gasteiger partial charge in [-0.2, -0.15) is 5.10 Å². The van der Waals surface area contributed by atoms with Crippen molar-refractivity contribution < 1.29 is 0 Å². The lowest BCUT2D eigenvalue weighted by atomic mass is 10.2. The molecule has 0 saturated carbocycles. The van der Waals surface area contributed by atoms with Gasteiger partial charge in [-0.05, 0) is 12.1 Å². The average Bonchev–Trinajstić information content (AvgIpc) is 2.54. The zero-order valence-electron chi connectivity index (χ0n) is 8.20. The summed E-state index contributed by atoms with van der Waals surface area (Å²) in [6.07, 6.45) is 1.82. The van der Waals surface area contributed by atoms with Crippen molar-refractivity contribution in [2.24, 2.45) is 7.05 Å². The molecule has 3 nitrogen and oxygen atoms in total. The van der Waals surface area contributed by atoms with E-state index in [-0.39, 0.29) is 0 Å². The minimum absolute atomic E-state index is 0.737. The number of nitrogens with zero attached hydrogens (tertiary/aromatic N) is 2. The predicted octanol–water partition coefficient (Wildman–Crippen LogP) is 2.17. The van der Waals surface area contributed by atoms with E-state index in [1.807, 2.05) is 29.9 Å². The molecule has 0 atom stereocenters. The molecule has 0 aliphatic rings. The number of benzene rings is 1. The molecule has 0 aliphatic heterocycles. The Morgan fingerprint density at radius 2 is 2.29 bits per heavy atom. The number of nitrogens with one attached hydrogen (secondary N) is 1. The van der Waals surface area contributed by atoms with Gasteiger partial charge < -0.3 is 5.32 Å². The summed E-state index contributed by atoms with van der Waals surface area (Å²) in [5.41, 5.74) is 1.14. The molecule has 2 rings (SSSR count). The van der Waals surface area contributed by atoms with Crippen molar-refractivity contribution in [3.63, 3.8) is 0 Å². The van der Waals surface area contributed by atoms with Gasteiger partial charge in [-0.15, -0.1) is 6.58 Å². The molecule has 0 saturated heterocycles. The summed E-state index contributed by atoms with van der Waals surface area (Å²) in [6.45, 7) is 4.40. The maximum Gasteiger partial charge on any atom is 0.156 e. The molecular weight excluding hydrogens is 174 g/mol. The van der Waals surface area contributed by atoms with Crippen molar-refractivity contribution in [2.75, 3.05) is 11.9 Å². The number of rotatable bonds is 3. The monoisotopic (exact) mass is 187 g/mol. The third kappa shape index (κ3) is 1.37. The molecule has 0 spiro atoms. The van der Waals surface area contributed by atoms with Crippen molar-refractivity contribution >= 4 is 16.7 Å². The van der Waals surface area contributed by atoms with Crippen molar-refractivity contribution in [3.8, 4) is 0 Å². The summed E-state index contributed by atoms with van der Waals surface area (Å²) in [7, 11) is 1.95. The molecule has 14 heavy (non-hydrogen) atoms. The summed E-state index contributed by atoms with van der Waals surface area (Å²) in [5.74, 6) is 0.919. The van der Waals surface area contributed by atoms with Crippen LogP contribution in [0.3, 0.4) is 0 Å². The first-order valence-corrected chi connectivity index (χ1v) is 4.59. The van der Waals surface area contributed by atoms with Crippen LogP contribution in [-0.2, 0) is 7.05 Å². The first kappa shape index (κ1) is 8.81. The first-order valence-electron chi connectivity index (χ1n) is 4.59. The number of para-hydroxylation sites is 1. The number of aryl methyl sites for hydroxylation is 1. The molecular formula is C11H13N3. The molecule has 1 heterocycles. The van der Waals surface area contributed by atoms with Gasteiger partial charge in [0.05, 0.1) is 5.52 Å². The van der Waals surface area contributed by atoms with Crippen LogP contribution in [0.1, 0.15) is 0 Å². The van der Waals surface area contributed by atoms with Crippen LogP contribution in [0.2, 0.25) is 0 Å². The summed E-state index contributed by atoms with van der Waals surface area (Å²) in [5, 5.41) is 8.74. The fourth-order valence-corrected chi connectivity index (χ4v) is 1.51. The largest absolute Gasteiger partial charge is 0.365 e. The maximum absolute atomic E-state index is 4.39. The van der Waals surface area contributed by atoms with Gasteiger partial charge >= 0.3 is 0 Å². The van der Waals surface area contributed by atoms with Gasteiger partial charge in [0.15, 0.2) is 5.82 Å². The second-order valence-electron chi connectivity index (χ2n) is 3.16. The summed E-state index contributed by atoms with van der Waals surface area (Å²) >= 11 is 0. The topological polar surface area (TPSA) is 29.9 Å². The van der Waals surface area contributed by atoms with Crippen LogP contribution in [0.5, 0.6) is 0 Å². The third-order valence-electron chi connectivity index (χ3n) is 2.17. The number of hydrogen-bond acceptors (Lipinski definition) is 2. The van der Waals surface area contributed by atoms with E-state index in [2.05, 4.69) is 29.1 Å². The van der Waals surface area contributed by atoms with Crippen LogP contribution in [0, 0.1) is 0 Å². The number of anilines is 1. The standard InChI is InChI=1S/C11H13N3/c1-3-8-12-11-9-6-4-5-7-10(9)14(2)13-11/h3-7H,1,8H2,2H3,(H,12,13). The van der Waals surface area contributed by atoms with Gasteiger partial charge in [-0.3, -0.25) is 4.68 Å². The Bertz CT molecular complexity index is 457. The molecule has 1 aromatic carbocycles. The number of hydrogen-bond donors (Lipinski definition) is 1. The second kappa shape index (κ2) is 3.54. The van der Waals surface area contributed by atoms with Crippen molar-refractivity contribution in [3.05, 3.63) is 36.9 Å². The lowest BCUT2D eigenvalue weighted by molar-refractivity contribution is 0.799. The fourth-order valence-electron chi connectivity index (χ4n) is 1.51. The Morgan fingerprint density at radius 1 is 1.50 bits per heavy atom. The van der Waals surface area contributed by atoms with Gasteiger partial charge in [0.1, 0.15) is 0 Å². The molecule has 0 bridgehead atoms. The fraction of sp³-hybridized carbons (Fsp3) is 0.182. The molecule has 0 fully saturated rings. The minimum Gasteiger partial charge on any atom is -0.365 e. The molecule has 0 unspecified atom stereocenters. The first-order chi connectivity index (χ1) is 6.83. The Morgan fingerprint density at radius 3 is 3.07 bits per heavy atom. The molecule has 0 amide bonds. The lowest BCUT2D eigenvalue weighted by Gasteiger charge is -1.97. The molecule has 2 aromatic rings. The van der Waals surface area contributed by atoms with Gasteiger partial charge in [0.2, 0.25) is 0 Å². The zero-order valence-corrected chi connectivity index (χ0v) is 8.20. The number of fused-ring (bicyclic) bond motifs is 1. The van der Waals surface area contributed by atoms with Gasteiger partial charge in [0, 0.05) is 19.0 Å². The highest BCUT2D eigenvalue weighted by atomic mass is 15.3. The lowest BCUT2D eigenvalue weighted by Crippen LogP contribution is -1.99. The Hall–Kier alpha value is -1.77. The minimum atomic E-state index is 0.737. The highest BCUT2D eigenvalue weighted by Crippen LogP contribution is 2.21. The number of aromatic nitrogens is 2. The van der Waals surface area contributed by atoms with Crippen molar-refractivity contribution in [1.29, 1.82) is 0 Å². The third-order valence-corrected chi connectivity index (χ3v) is 2.17. The Kier molecular flexibility index (Phi) is 2.23.